The number of carbonyl (C=O) groups excluding carboxylic acids is 2. The minimum Gasteiger partial charge on any atom is -0.466 e. The number of rotatable bonds is 20. The molecule has 0 radical (unpaired) electrons. The Hall–Kier alpha value is -1.06. The van der Waals surface area contributed by atoms with Crippen molar-refractivity contribution in [1.29, 1.82) is 0 Å². The minimum atomic E-state index is -0.0493. The first-order valence-electron chi connectivity index (χ1n) is 11.9. The van der Waals surface area contributed by atoms with Crippen molar-refractivity contribution >= 4 is 11.9 Å². The van der Waals surface area contributed by atoms with Crippen LogP contribution in [-0.2, 0) is 19.1 Å². The Bertz CT molecular complexity index is 368. The predicted octanol–water partition coefficient (Wildman–Crippen LogP) is 6.99. The normalized spacial score (nSPS) is 12.0. The molecular weight excluding hydrogens is 352 g/mol. The third-order valence-electron chi connectivity index (χ3n) is 5.39. The van der Waals surface area contributed by atoms with Gasteiger partial charge in [0.2, 0.25) is 0 Å². The second-order valence-corrected chi connectivity index (χ2v) is 7.87. The molecule has 0 aromatic carbocycles. The molecule has 0 aliphatic rings. The zero-order chi connectivity index (χ0) is 20.9. The summed E-state index contributed by atoms with van der Waals surface area (Å²) in [5, 5.41) is 0. The van der Waals surface area contributed by atoms with E-state index in [0.29, 0.717) is 32.0 Å². The topological polar surface area (TPSA) is 52.6 Å². The zero-order valence-electron chi connectivity index (χ0n) is 18.9. The first kappa shape index (κ1) is 26.9. The fraction of sp³-hybridized carbons (Fsp3) is 0.917. The van der Waals surface area contributed by atoms with Gasteiger partial charge in [0.1, 0.15) is 0 Å². The van der Waals surface area contributed by atoms with E-state index in [2.05, 4.69) is 6.92 Å². The summed E-state index contributed by atoms with van der Waals surface area (Å²) in [6, 6.07) is 0. The van der Waals surface area contributed by atoms with Gasteiger partial charge in [-0.2, -0.15) is 0 Å². The van der Waals surface area contributed by atoms with Gasteiger partial charge in [-0.05, 0) is 32.6 Å². The predicted molar refractivity (Wildman–Crippen MR) is 116 cm³/mol. The van der Waals surface area contributed by atoms with Gasteiger partial charge in [-0.1, -0.05) is 84.0 Å². The summed E-state index contributed by atoms with van der Waals surface area (Å²) in [4.78, 5) is 22.8. The molecule has 4 nitrogen and oxygen atoms in total. The highest BCUT2D eigenvalue weighted by Crippen LogP contribution is 2.19. The molecule has 0 aromatic heterocycles. The van der Waals surface area contributed by atoms with Crippen LogP contribution >= 0.6 is 0 Å². The molecule has 0 saturated heterocycles. The Morgan fingerprint density at radius 2 is 1.04 bits per heavy atom. The number of ether oxygens (including phenoxy) is 2. The van der Waals surface area contributed by atoms with Gasteiger partial charge in [0, 0.05) is 12.8 Å². The molecule has 0 bridgehead atoms. The first-order chi connectivity index (χ1) is 13.6. The molecule has 0 fully saturated rings. The van der Waals surface area contributed by atoms with Crippen molar-refractivity contribution in [3.63, 3.8) is 0 Å². The van der Waals surface area contributed by atoms with Crippen LogP contribution in [0.1, 0.15) is 124 Å². The van der Waals surface area contributed by atoms with Gasteiger partial charge >= 0.3 is 11.9 Å². The number of carbonyl (C=O) groups is 2. The Balaban J connectivity index is 3.30. The lowest BCUT2D eigenvalue weighted by molar-refractivity contribution is -0.144. The van der Waals surface area contributed by atoms with Gasteiger partial charge in [0.05, 0.1) is 13.2 Å². The Labute approximate surface area is 174 Å². The van der Waals surface area contributed by atoms with E-state index in [0.717, 1.165) is 25.7 Å². The maximum Gasteiger partial charge on any atom is 0.306 e. The van der Waals surface area contributed by atoms with Crippen LogP contribution in [0.2, 0.25) is 0 Å². The summed E-state index contributed by atoms with van der Waals surface area (Å²) < 4.78 is 9.99. The van der Waals surface area contributed by atoms with Crippen LogP contribution in [0.4, 0.5) is 0 Å². The van der Waals surface area contributed by atoms with E-state index in [1.54, 1.807) is 0 Å². The van der Waals surface area contributed by atoms with Crippen LogP contribution in [0, 0.1) is 5.92 Å². The largest absolute Gasteiger partial charge is 0.466 e. The van der Waals surface area contributed by atoms with E-state index in [-0.39, 0.29) is 11.9 Å². The Kier molecular flexibility index (Phi) is 19.9. The fourth-order valence-corrected chi connectivity index (χ4v) is 3.61. The molecule has 1 atom stereocenters. The highest BCUT2D eigenvalue weighted by atomic mass is 16.5. The molecule has 0 spiro atoms. The highest BCUT2D eigenvalue weighted by molar-refractivity contribution is 5.69. The van der Waals surface area contributed by atoms with Gasteiger partial charge in [-0.3, -0.25) is 9.59 Å². The molecule has 0 saturated carbocycles. The van der Waals surface area contributed by atoms with Crippen molar-refractivity contribution < 1.29 is 19.1 Å². The molecule has 0 aliphatic heterocycles. The third-order valence-corrected chi connectivity index (χ3v) is 5.39. The second-order valence-electron chi connectivity index (χ2n) is 7.87. The maximum absolute atomic E-state index is 11.6. The molecule has 28 heavy (non-hydrogen) atoms. The number of hydrogen-bond donors (Lipinski definition) is 0. The Morgan fingerprint density at radius 3 is 1.50 bits per heavy atom. The van der Waals surface area contributed by atoms with E-state index < -0.39 is 0 Å². The monoisotopic (exact) mass is 398 g/mol. The van der Waals surface area contributed by atoms with E-state index in [9.17, 15) is 9.59 Å². The van der Waals surface area contributed by atoms with Crippen LogP contribution in [0.5, 0.6) is 0 Å². The first-order valence-corrected chi connectivity index (χ1v) is 11.9. The van der Waals surface area contributed by atoms with E-state index in [1.807, 2.05) is 13.8 Å². The van der Waals surface area contributed by atoms with Crippen molar-refractivity contribution in [2.45, 2.75) is 124 Å². The molecule has 166 valence electrons. The van der Waals surface area contributed by atoms with Gasteiger partial charge in [-0.15, -0.1) is 0 Å². The van der Waals surface area contributed by atoms with Gasteiger partial charge in [0.15, 0.2) is 0 Å². The van der Waals surface area contributed by atoms with Crippen molar-refractivity contribution in [2.24, 2.45) is 5.92 Å². The summed E-state index contributed by atoms with van der Waals surface area (Å²) in [6.07, 6.45) is 18.6. The third kappa shape index (κ3) is 18.3. The van der Waals surface area contributed by atoms with Crippen molar-refractivity contribution in [3.8, 4) is 0 Å². The maximum atomic E-state index is 11.6. The molecule has 0 aliphatic carbocycles. The van der Waals surface area contributed by atoms with E-state index >= 15 is 0 Å². The van der Waals surface area contributed by atoms with Gasteiger partial charge < -0.3 is 9.47 Å². The number of hydrogen-bond acceptors (Lipinski definition) is 4. The quantitative estimate of drug-likeness (QED) is 0.164. The van der Waals surface area contributed by atoms with Crippen LogP contribution in [0.3, 0.4) is 0 Å². The minimum absolute atomic E-state index is 0.0339. The summed E-state index contributed by atoms with van der Waals surface area (Å²) >= 11 is 0. The van der Waals surface area contributed by atoms with E-state index in [4.69, 9.17) is 9.47 Å². The van der Waals surface area contributed by atoms with Crippen LogP contribution in [-0.4, -0.2) is 25.2 Å². The standard InChI is InChI=1S/C24H46O4/c1-4-22(21-24(26)28-6-3)19-17-15-13-11-9-7-8-10-12-14-16-18-20-23(25)27-5-2/h22H,4-21H2,1-3H3. The molecule has 0 rings (SSSR count). The summed E-state index contributed by atoms with van der Waals surface area (Å²) in [6.45, 7) is 6.88. The molecule has 0 N–H and O–H groups in total. The second kappa shape index (κ2) is 20.7. The Morgan fingerprint density at radius 1 is 0.607 bits per heavy atom. The average Bonchev–Trinajstić information content (AvgIpc) is 2.67. The van der Waals surface area contributed by atoms with Gasteiger partial charge in [0.25, 0.3) is 0 Å². The van der Waals surface area contributed by atoms with Crippen LogP contribution in [0.15, 0.2) is 0 Å². The number of esters is 2. The van der Waals surface area contributed by atoms with Crippen molar-refractivity contribution in [3.05, 3.63) is 0 Å². The fourth-order valence-electron chi connectivity index (χ4n) is 3.61. The zero-order valence-corrected chi connectivity index (χ0v) is 18.9. The molecule has 4 heteroatoms. The smallest absolute Gasteiger partial charge is 0.306 e. The lowest BCUT2D eigenvalue weighted by atomic mass is 9.95. The molecular formula is C24H46O4. The summed E-state index contributed by atoms with van der Waals surface area (Å²) in [5.74, 6) is 0.413. The van der Waals surface area contributed by atoms with Crippen molar-refractivity contribution in [2.75, 3.05) is 13.2 Å². The SMILES string of the molecule is CCOC(=O)CCCCCCCCCCCCCCC(CC)CC(=O)OCC. The highest BCUT2D eigenvalue weighted by Gasteiger charge is 2.12. The van der Waals surface area contributed by atoms with Gasteiger partial charge in [-0.25, -0.2) is 0 Å². The summed E-state index contributed by atoms with van der Waals surface area (Å²) in [5.41, 5.74) is 0. The van der Waals surface area contributed by atoms with E-state index in [1.165, 1.54) is 64.2 Å². The van der Waals surface area contributed by atoms with Crippen molar-refractivity contribution in [1.82, 2.24) is 0 Å². The van der Waals surface area contributed by atoms with Crippen LogP contribution in [0.25, 0.3) is 0 Å². The lowest BCUT2D eigenvalue weighted by Crippen LogP contribution is -2.11. The molecule has 1 unspecified atom stereocenters. The average molecular weight is 399 g/mol. The molecule has 0 aromatic rings. The molecule has 0 heterocycles. The molecule has 0 amide bonds. The number of unbranched alkanes of at least 4 members (excludes halogenated alkanes) is 11. The lowest BCUT2D eigenvalue weighted by Gasteiger charge is -2.13. The summed E-state index contributed by atoms with van der Waals surface area (Å²) in [7, 11) is 0. The van der Waals surface area contributed by atoms with Crippen LogP contribution < -0.4 is 0 Å².